The number of sulfonamides is 1. The third kappa shape index (κ3) is 5.39. The van der Waals surface area contributed by atoms with E-state index >= 15 is 0 Å². The minimum absolute atomic E-state index is 0.0630. The van der Waals surface area contributed by atoms with Gasteiger partial charge in [-0.15, -0.1) is 0 Å². The molecular formula is C20H26N2O6S. The first-order chi connectivity index (χ1) is 13.7. The molecule has 1 N–H and O–H groups in total. The number of nitrogens with zero attached hydrogens (tertiary/aromatic N) is 1. The van der Waals surface area contributed by atoms with Crippen molar-refractivity contribution in [3.05, 3.63) is 42.0 Å². The van der Waals surface area contributed by atoms with Crippen molar-refractivity contribution in [2.75, 3.05) is 40.7 Å². The van der Waals surface area contributed by atoms with Gasteiger partial charge in [0.2, 0.25) is 15.9 Å². The van der Waals surface area contributed by atoms with Gasteiger partial charge in [0.1, 0.15) is 17.2 Å². The van der Waals surface area contributed by atoms with Crippen LogP contribution in [0.2, 0.25) is 0 Å². The first-order valence-corrected chi connectivity index (χ1v) is 10.3. The Labute approximate surface area is 171 Å². The molecule has 0 atom stereocenters. The van der Waals surface area contributed by atoms with Gasteiger partial charge in [0.15, 0.2) is 0 Å². The molecule has 0 heterocycles. The summed E-state index contributed by atoms with van der Waals surface area (Å²) in [4.78, 5) is 12.6. The molecule has 0 bridgehead atoms. The molecule has 0 aliphatic carbocycles. The molecule has 2 aromatic carbocycles. The maximum Gasteiger partial charge on any atom is 0.242 e. The Balaban J connectivity index is 2.18. The van der Waals surface area contributed by atoms with Gasteiger partial charge in [0.05, 0.1) is 31.9 Å². The van der Waals surface area contributed by atoms with Crippen molar-refractivity contribution in [1.29, 1.82) is 0 Å². The summed E-state index contributed by atoms with van der Waals surface area (Å²) in [7, 11) is 3.83. The van der Waals surface area contributed by atoms with Crippen molar-refractivity contribution < 1.29 is 27.4 Å². The summed E-state index contributed by atoms with van der Waals surface area (Å²) in [5.74, 6) is 1.42. The molecule has 0 saturated heterocycles. The molecule has 0 radical (unpaired) electrons. The zero-order chi connectivity index (χ0) is 21.6. The zero-order valence-electron chi connectivity index (χ0n) is 17.2. The molecule has 0 fully saturated rings. The minimum Gasteiger partial charge on any atom is -0.497 e. The van der Waals surface area contributed by atoms with Gasteiger partial charge in [-0.2, -0.15) is 0 Å². The monoisotopic (exact) mass is 422 g/mol. The van der Waals surface area contributed by atoms with E-state index in [4.69, 9.17) is 14.2 Å². The molecule has 0 aromatic heterocycles. The number of benzene rings is 2. The van der Waals surface area contributed by atoms with Crippen LogP contribution in [0, 0.1) is 0 Å². The molecule has 29 heavy (non-hydrogen) atoms. The fourth-order valence-corrected chi connectivity index (χ4v) is 3.62. The number of hydrogen-bond donors (Lipinski definition) is 1. The molecule has 2 aromatic rings. The van der Waals surface area contributed by atoms with Gasteiger partial charge in [-0.25, -0.2) is 12.7 Å². The highest BCUT2D eigenvalue weighted by Gasteiger charge is 2.20. The van der Waals surface area contributed by atoms with E-state index in [0.29, 0.717) is 23.7 Å². The van der Waals surface area contributed by atoms with Crippen molar-refractivity contribution in [2.45, 2.75) is 17.7 Å². The first kappa shape index (κ1) is 22.5. The fourth-order valence-electron chi connectivity index (χ4n) is 2.69. The van der Waals surface area contributed by atoms with E-state index in [1.54, 1.807) is 26.4 Å². The number of carbonyl (C=O) groups excluding carboxylic acids is 1. The highest BCUT2D eigenvalue weighted by Crippen LogP contribution is 2.29. The van der Waals surface area contributed by atoms with Gasteiger partial charge in [0, 0.05) is 20.5 Å². The Morgan fingerprint density at radius 2 is 1.62 bits per heavy atom. The van der Waals surface area contributed by atoms with Gasteiger partial charge in [-0.3, -0.25) is 4.79 Å². The molecule has 2 rings (SSSR count). The number of carbonyl (C=O) groups is 1. The number of hydrogen-bond acceptors (Lipinski definition) is 6. The molecule has 9 heteroatoms. The molecule has 0 spiro atoms. The van der Waals surface area contributed by atoms with Crippen molar-refractivity contribution in [1.82, 2.24) is 4.31 Å². The molecule has 1 amide bonds. The average molecular weight is 423 g/mol. The van der Waals surface area contributed by atoms with E-state index in [-0.39, 0.29) is 22.9 Å². The smallest absolute Gasteiger partial charge is 0.242 e. The third-order valence-electron chi connectivity index (χ3n) is 4.33. The second-order valence-corrected chi connectivity index (χ2v) is 8.53. The van der Waals surface area contributed by atoms with E-state index in [9.17, 15) is 13.2 Å². The topological polar surface area (TPSA) is 94.2 Å². The number of amides is 1. The van der Waals surface area contributed by atoms with Crippen molar-refractivity contribution in [3.63, 3.8) is 0 Å². The summed E-state index contributed by atoms with van der Waals surface area (Å²) in [5, 5.41) is 2.73. The van der Waals surface area contributed by atoms with E-state index in [0.717, 1.165) is 9.87 Å². The van der Waals surface area contributed by atoms with Crippen LogP contribution in [0.15, 0.2) is 41.3 Å². The van der Waals surface area contributed by atoms with Crippen molar-refractivity contribution >= 4 is 21.6 Å². The van der Waals surface area contributed by atoms with Gasteiger partial charge in [-0.05, 0) is 48.4 Å². The largest absolute Gasteiger partial charge is 0.497 e. The lowest BCUT2D eigenvalue weighted by atomic mass is 10.1. The second kappa shape index (κ2) is 9.62. The normalized spacial score (nSPS) is 11.2. The molecule has 0 saturated carbocycles. The van der Waals surface area contributed by atoms with Gasteiger partial charge >= 0.3 is 0 Å². The predicted octanol–water partition coefficient (Wildman–Crippen LogP) is 2.53. The lowest BCUT2D eigenvalue weighted by molar-refractivity contribution is -0.116. The fraction of sp³-hybridized carbons (Fsp3) is 0.350. The standard InChI is InChI=1S/C20H26N2O6S/c1-22(2)29(24,25)16-8-10-19(28-5)17(13-16)21-20(23)11-6-14-12-15(26-3)7-9-18(14)27-4/h7-10,12-13H,6,11H2,1-5H3,(H,21,23). The lowest BCUT2D eigenvalue weighted by Crippen LogP contribution is -2.22. The summed E-state index contributed by atoms with van der Waals surface area (Å²) in [6.07, 6.45) is 0.585. The number of methoxy groups -OCH3 is 3. The number of anilines is 1. The molecule has 158 valence electrons. The Morgan fingerprint density at radius 3 is 2.21 bits per heavy atom. The Bertz CT molecular complexity index is 973. The number of aryl methyl sites for hydroxylation is 1. The van der Waals surface area contributed by atoms with Crippen LogP contribution in [-0.4, -0.2) is 54.1 Å². The average Bonchev–Trinajstić information content (AvgIpc) is 2.71. The van der Waals surface area contributed by atoms with E-state index < -0.39 is 10.0 Å². The SMILES string of the molecule is COc1ccc(OC)c(CCC(=O)Nc2cc(S(=O)(=O)N(C)C)ccc2OC)c1. The van der Waals surface area contributed by atoms with Crippen LogP contribution in [0.25, 0.3) is 0 Å². The van der Waals surface area contributed by atoms with E-state index in [1.165, 1.54) is 39.4 Å². The Hall–Kier alpha value is -2.78. The van der Waals surface area contributed by atoms with Crippen LogP contribution in [-0.2, 0) is 21.2 Å². The third-order valence-corrected chi connectivity index (χ3v) is 6.14. The van der Waals surface area contributed by atoms with Crippen molar-refractivity contribution in [2.24, 2.45) is 0 Å². The first-order valence-electron chi connectivity index (χ1n) is 8.84. The highest BCUT2D eigenvalue weighted by atomic mass is 32.2. The van der Waals surface area contributed by atoms with Crippen LogP contribution < -0.4 is 19.5 Å². The molecule has 0 unspecified atom stereocenters. The van der Waals surface area contributed by atoms with Crippen LogP contribution >= 0.6 is 0 Å². The molecule has 0 aliphatic heterocycles. The lowest BCUT2D eigenvalue weighted by Gasteiger charge is -2.15. The predicted molar refractivity (Wildman–Crippen MR) is 110 cm³/mol. The van der Waals surface area contributed by atoms with E-state index in [2.05, 4.69) is 5.32 Å². The van der Waals surface area contributed by atoms with Crippen LogP contribution in [0.3, 0.4) is 0 Å². The number of nitrogens with one attached hydrogen (secondary N) is 1. The Morgan fingerprint density at radius 1 is 0.966 bits per heavy atom. The summed E-state index contributed by atoms with van der Waals surface area (Å²) in [6, 6.07) is 9.71. The van der Waals surface area contributed by atoms with Crippen LogP contribution in [0.5, 0.6) is 17.2 Å². The minimum atomic E-state index is -3.64. The second-order valence-electron chi connectivity index (χ2n) is 6.38. The summed E-state index contributed by atoms with van der Waals surface area (Å²) in [5.41, 5.74) is 1.12. The molecule has 0 aliphatic rings. The summed E-state index contributed by atoms with van der Waals surface area (Å²) >= 11 is 0. The van der Waals surface area contributed by atoms with Gasteiger partial charge in [-0.1, -0.05) is 0 Å². The Kier molecular flexibility index (Phi) is 7.46. The number of ether oxygens (including phenoxy) is 3. The maximum atomic E-state index is 12.5. The van der Waals surface area contributed by atoms with E-state index in [1.807, 2.05) is 6.07 Å². The van der Waals surface area contributed by atoms with Gasteiger partial charge < -0.3 is 19.5 Å². The van der Waals surface area contributed by atoms with Gasteiger partial charge in [0.25, 0.3) is 0 Å². The highest BCUT2D eigenvalue weighted by molar-refractivity contribution is 7.89. The van der Waals surface area contributed by atoms with Crippen LogP contribution in [0.1, 0.15) is 12.0 Å². The summed E-state index contributed by atoms with van der Waals surface area (Å²) < 4.78 is 41.6. The quantitative estimate of drug-likeness (QED) is 0.667. The maximum absolute atomic E-state index is 12.5. The van der Waals surface area contributed by atoms with Crippen molar-refractivity contribution in [3.8, 4) is 17.2 Å². The molecule has 8 nitrogen and oxygen atoms in total. The molecular weight excluding hydrogens is 396 g/mol. The zero-order valence-corrected chi connectivity index (χ0v) is 18.0. The van der Waals surface area contributed by atoms with Crippen LogP contribution in [0.4, 0.5) is 5.69 Å². The summed E-state index contributed by atoms with van der Waals surface area (Å²) in [6.45, 7) is 0. The number of rotatable bonds is 9.